The molecule has 2 aromatic carbocycles. The molecule has 1 aromatic heterocycles. The molecule has 6 nitrogen and oxygen atoms in total. The first-order valence-corrected chi connectivity index (χ1v) is 13.4. The third-order valence-electron chi connectivity index (χ3n) is 6.05. The van der Waals surface area contributed by atoms with Crippen molar-refractivity contribution in [3.8, 4) is 0 Å². The number of aryl methyl sites for hydroxylation is 2. The Hall–Kier alpha value is -2.29. The molecule has 1 aliphatic rings. The van der Waals surface area contributed by atoms with Gasteiger partial charge in [-0.2, -0.15) is 0 Å². The molecule has 32 heavy (non-hydrogen) atoms. The zero-order valence-electron chi connectivity index (χ0n) is 18.7. The summed E-state index contributed by atoms with van der Waals surface area (Å²) in [6.07, 6.45) is 1.07. The van der Waals surface area contributed by atoms with E-state index in [-0.39, 0.29) is 17.6 Å². The van der Waals surface area contributed by atoms with Crippen LogP contribution in [-0.4, -0.2) is 42.5 Å². The number of thiazole rings is 1. The highest BCUT2D eigenvalue weighted by molar-refractivity contribution is 7.89. The van der Waals surface area contributed by atoms with Crippen LogP contribution in [0, 0.1) is 19.8 Å². The maximum atomic E-state index is 13.7. The van der Waals surface area contributed by atoms with Crippen molar-refractivity contribution in [1.29, 1.82) is 0 Å². The van der Waals surface area contributed by atoms with Crippen molar-refractivity contribution in [1.82, 2.24) is 9.29 Å². The smallest absolute Gasteiger partial charge is 0.232 e. The van der Waals surface area contributed by atoms with Crippen LogP contribution in [0.3, 0.4) is 0 Å². The maximum Gasteiger partial charge on any atom is 0.232 e. The number of piperidine rings is 1. The van der Waals surface area contributed by atoms with Gasteiger partial charge in [0.25, 0.3) is 0 Å². The molecule has 3 aromatic rings. The van der Waals surface area contributed by atoms with Crippen molar-refractivity contribution in [2.45, 2.75) is 40.2 Å². The fourth-order valence-corrected chi connectivity index (χ4v) is 6.42. The van der Waals surface area contributed by atoms with Gasteiger partial charge in [0, 0.05) is 19.0 Å². The lowest BCUT2D eigenvalue weighted by Gasteiger charge is -2.32. The molecule has 1 amide bonds. The summed E-state index contributed by atoms with van der Waals surface area (Å²) in [4.78, 5) is 20.3. The lowest BCUT2D eigenvalue weighted by atomic mass is 9.96. The lowest BCUT2D eigenvalue weighted by molar-refractivity contribution is -0.123. The Bertz CT molecular complexity index is 1210. The van der Waals surface area contributed by atoms with E-state index in [1.165, 1.54) is 4.31 Å². The summed E-state index contributed by atoms with van der Waals surface area (Å²) in [5.74, 6) is -0.0939. The third kappa shape index (κ3) is 4.72. The Labute approximate surface area is 193 Å². The topological polar surface area (TPSA) is 70.6 Å². The SMILES string of the molecule is CCS(=O)(=O)N1CCC(C(=O)N(Cc2ccccc2)c2nc3cc(C)cc(C)c3s2)CC1. The molecule has 1 fully saturated rings. The lowest BCUT2D eigenvalue weighted by Crippen LogP contribution is -2.44. The van der Waals surface area contributed by atoms with Gasteiger partial charge in [-0.25, -0.2) is 17.7 Å². The Morgan fingerprint density at radius 2 is 1.84 bits per heavy atom. The molecule has 1 aliphatic heterocycles. The van der Waals surface area contributed by atoms with E-state index in [2.05, 4.69) is 26.0 Å². The van der Waals surface area contributed by atoms with Crippen molar-refractivity contribution >= 4 is 42.6 Å². The van der Waals surface area contributed by atoms with Crippen LogP contribution in [-0.2, 0) is 21.4 Å². The van der Waals surface area contributed by atoms with E-state index in [0.29, 0.717) is 37.6 Å². The zero-order valence-corrected chi connectivity index (χ0v) is 20.4. The molecule has 0 bridgehead atoms. The number of aromatic nitrogens is 1. The molecule has 0 spiro atoms. The minimum absolute atomic E-state index is 0.0239. The minimum Gasteiger partial charge on any atom is -0.283 e. The van der Waals surface area contributed by atoms with Gasteiger partial charge < -0.3 is 0 Å². The van der Waals surface area contributed by atoms with E-state index < -0.39 is 10.0 Å². The van der Waals surface area contributed by atoms with Gasteiger partial charge in [-0.1, -0.05) is 47.7 Å². The Kier molecular flexibility index (Phi) is 6.65. The number of sulfonamides is 1. The summed E-state index contributed by atoms with van der Waals surface area (Å²) in [7, 11) is -3.22. The summed E-state index contributed by atoms with van der Waals surface area (Å²) in [5, 5.41) is 0.700. The van der Waals surface area contributed by atoms with Crippen molar-refractivity contribution in [2.75, 3.05) is 23.7 Å². The number of benzene rings is 2. The molecule has 8 heteroatoms. The number of amides is 1. The number of carbonyl (C=O) groups is 1. The van der Waals surface area contributed by atoms with E-state index >= 15 is 0 Å². The largest absolute Gasteiger partial charge is 0.283 e. The average molecular weight is 472 g/mol. The highest BCUT2D eigenvalue weighted by Gasteiger charge is 2.34. The second-order valence-corrected chi connectivity index (χ2v) is 11.6. The first-order chi connectivity index (χ1) is 15.3. The number of fused-ring (bicyclic) bond motifs is 1. The predicted molar refractivity (Wildman–Crippen MR) is 130 cm³/mol. The molecule has 0 atom stereocenters. The van der Waals surface area contributed by atoms with Crippen LogP contribution in [0.15, 0.2) is 42.5 Å². The summed E-state index contributed by atoms with van der Waals surface area (Å²) in [5.41, 5.74) is 4.27. The minimum atomic E-state index is -3.22. The van der Waals surface area contributed by atoms with Crippen molar-refractivity contribution < 1.29 is 13.2 Å². The van der Waals surface area contributed by atoms with E-state index in [4.69, 9.17) is 4.98 Å². The number of anilines is 1. The van der Waals surface area contributed by atoms with Crippen LogP contribution >= 0.6 is 11.3 Å². The quantitative estimate of drug-likeness (QED) is 0.530. The summed E-state index contributed by atoms with van der Waals surface area (Å²) in [6, 6.07) is 14.1. The number of nitrogens with zero attached hydrogens (tertiary/aromatic N) is 3. The van der Waals surface area contributed by atoms with Gasteiger partial charge in [0.1, 0.15) is 0 Å². The van der Waals surface area contributed by atoms with Crippen LogP contribution in [0.25, 0.3) is 10.2 Å². The standard InChI is InChI=1S/C24H29N3O3S2/c1-4-32(29,30)26-12-10-20(11-13-26)23(28)27(16-19-8-6-5-7-9-19)24-25-21-15-17(2)14-18(3)22(21)31-24/h5-9,14-15,20H,4,10-13,16H2,1-3H3. The molecule has 0 radical (unpaired) electrons. The monoisotopic (exact) mass is 471 g/mol. The second-order valence-electron chi connectivity index (χ2n) is 8.41. The van der Waals surface area contributed by atoms with Gasteiger partial charge in [0.2, 0.25) is 15.9 Å². The summed E-state index contributed by atoms with van der Waals surface area (Å²) >= 11 is 1.55. The molecule has 4 rings (SSSR count). The molecule has 170 valence electrons. The molecule has 0 saturated carbocycles. The van der Waals surface area contributed by atoms with Crippen molar-refractivity contribution in [3.05, 3.63) is 59.2 Å². The first-order valence-electron chi connectivity index (χ1n) is 11.0. The van der Waals surface area contributed by atoms with E-state index in [9.17, 15) is 13.2 Å². The highest BCUT2D eigenvalue weighted by Crippen LogP contribution is 2.34. The highest BCUT2D eigenvalue weighted by atomic mass is 32.2. The number of hydrogen-bond acceptors (Lipinski definition) is 5. The predicted octanol–water partition coefficient (Wildman–Crippen LogP) is 4.51. The molecule has 2 heterocycles. The van der Waals surface area contributed by atoms with Crippen LogP contribution in [0.4, 0.5) is 5.13 Å². The molecule has 0 unspecified atom stereocenters. The van der Waals surface area contributed by atoms with Gasteiger partial charge in [0.15, 0.2) is 5.13 Å². The fraction of sp³-hybridized carbons (Fsp3) is 0.417. The number of carbonyl (C=O) groups excluding carboxylic acids is 1. The van der Waals surface area contributed by atoms with Crippen molar-refractivity contribution in [3.63, 3.8) is 0 Å². The normalized spacial score (nSPS) is 15.8. The molecule has 0 aliphatic carbocycles. The van der Waals surface area contributed by atoms with Crippen molar-refractivity contribution in [2.24, 2.45) is 5.92 Å². The van der Waals surface area contributed by atoms with Gasteiger partial charge in [-0.15, -0.1) is 0 Å². The zero-order chi connectivity index (χ0) is 22.9. The van der Waals surface area contributed by atoms with Gasteiger partial charge in [-0.05, 0) is 56.4 Å². The number of hydrogen-bond donors (Lipinski definition) is 0. The number of rotatable bonds is 6. The molecule has 1 saturated heterocycles. The molecular weight excluding hydrogens is 442 g/mol. The third-order valence-corrected chi connectivity index (χ3v) is 9.16. The van der Waals surface area contributed by atoms with Gasteiger partial charge in [0.05, 0.1) is 22.5 Å². The van der Waals surface area contributed by atoms with Crippen LogP contribution in [0.5, 0.6) is 0 Å². The fourth-order valence-electron chi connectivity index (χ4n) is 4.27. The Balaban J connectivity index is 1.63. The second kappa shape index (κ2) is 9.29. The Morgan fingerprint density at radius 1 is 1.16 bits per heavy atom. The van der Waals surface area contributed by atoms with Crippen LogP contribution in [0.1, 0.15) is 36.5 Å². The van der Waals surface area contributed by atoms with E-state index in [1.54, 1.807) is 23.2 Å². The van der Waals surface area contributed by atoms with Gasteiger partial charge >= 0.3 is 0 Å². The van der Waals surface area contributed by atoms with E-state index in [0.717, 1.165) is 26.9 Å². The van der Waals surface area contributed by atoms with E-state index in [1.807, 2.05) is 30.3 Å². The maximum absolute atomic E-state index is 13.7. The average Bonchev–Trinajstić information content (AvgIpc) is 3.22. The molecular formula is C24H29N3O3S2. The summed E-state index contributed by atoms with van der Waals surface area (Å²) in [6.45, 7) is 7.02. The van der Waals surface area contributed by atoms with Gasteiger partial charge in [-0.3, -0.25) is 9.69 Å². The Morgan fingerprint density at radius 3 is 2.50 bits per heavy atom. The summed E-state index contributed by atoms with van der Waals surface area (Å²) < 4.78 is 27.0. The molecule has 0 N–H and O–H groups in total. The van der Waals surface area contributed by atoms with Crippen LogP contribution < -0.4 is 4.90 Å². The van der Waals surface area contributed by atoms with Crippen LogP contribution in [0.2, 0.25) is 0 Å². The first kappa shape index (κ1) is 22.9.